The van der Waals surface area contributed by atoms with Crippen LogP contribution in [-0.4, -0.2) is 128 Å². The van der Waals surface area contributed by atoms with Crippen molar-refractivity contribution >= 4 is 12.0 Å². The molecule has 0 saturated carbocycles. The number of methoxy groups -OCH3 is 1. The first kappa shape index (κ1) is 35.0. The number of hydrogen-bond acceptors (Lipinski definition) is 15. The van der Waals surface area contributed by atoms with Crippen molar-refractivity contribution in [2.24, 2.45) is 0 Å². The number of phenolic OH excluding ortho intramolecular Hbond substituents is 4. The summed E-state index contributed by atoms with van der Waals surface area (Å²) in [4.78, 5) is 12.6. The van der Waals surface area contributed by atoms with E-state index >= 15 is 0 Å². The van der Waals surface area contributed by atoms with Gasteiger partial charge in [0, 0.05) is 13.2 Å². The number of aliphatic hydroxyl groups is 5. The summed E-state index contributed by atoms with van der Waals surface area (Å²) < 4.78 is 27.2. The summed E-state index contributed by atoms with van der Waals surface area (Å²) in [6, 6.07) is 7.91. The van der Waals surface area contributed by atoms with Gasteiger partial charge in [0.25, 0.3) is 0 Å². The summed E-state index contributed by atoms with van der Waals surface area (Å²) in [5.74, 6) is -2.45. The Kier molecular flexibility index (Phi) is 12.7. The SMILES string of the molecule is COC(C)C(O)C(O)C(O)OC1C(OCCc2ccc(O)c(O)c2)OC(CO)C(OC(=O)/C=C/c2ccc(O)c(O)c2)C1O. The van der Waals surface area contributed by atoms with Crippen molar-refractivity contribution in [2.75, 3.05) is 20.3 Å². The number of aromatic hydroxyl groups is 4. The highest BCUT2D eigenvalue weighted by atomic mass is 16.7. The highest BCUT2D eigenvalue weighted by molar-refractivity contribution is 5.87. The largest absolute Gasteiger partial charge is 0.504 e. The molecule has 244 valence electrons. The lowest BCUT2D eigenvalue weighted by atomic mass is 9.98. The van der Waals surface area contributed by atoms with Crippen LogP contribution in [0, 0.1) is 0 Å². The van der Waals surface area contributed by atoms with Gasteiger partial charge in [-0.1, -0.05) is 12.1 Å². The lowest BCUT2D eigenvalue weighted by Gasteiger charge is -2.44. The second kappa shape index (κ2) is 16.0. The van der Waals surface area contributed by atoms with Crippen LogP contribution in [0.2, 0.25) is 0 Å². The van der Waals surface area contributed by atoms with Gasteiger partial charge in [-0.3, -0.25) is 0 Å². The molecule has 2 aromatic rings. The van der Waals surface area contributed by atoms with Gasteiger partial charge in [0.1, 0.15) is 30.5 Å². The zero-order valence-electron chi connectivity index (χ0n) is 23.9. The molecule has 1 aliphatic rings. The van der Waals surface area contributed by atoms with Gasteiger partial charge in [0.15, 0.2) is 41.7 Å². The van der Waals surface area contributed by atoms with E-state index < -0.39 is 73.6 Å². The van der Waals surface area contributed by atoms with Crippen LogP contribution < -0.4 is 0 Å². The molecule has 9 unspecified atom stereocenters. The smallest absolute Gasteiger partial charge is 0.331 e. The highest BCUT2D eigenvalue weighted by Crippen LogP contribution is 2.30. The molecule has 0 amide bonds. The second-order valence-corrected chi connectivity index (χ2v) is 10.1. The zero-order valence-corrected chi connectivity index (χ0v) is 23.9. The van der Waals surface area contributed by atoms with Crippen LogP contribution in [0.4, 0.5) is 0 Å². The molecule has 1 heterocycles. The maximum atomic E-state index is 12.6. The van der Waals surface area contributed by atoms with Crippen molar-refractivity contribution in [3.63, 3.8) is 0 Å². The highest BCUT2D eigenvalue weighted by Gasteiger charge is 2.50. The standard InChI is InChI=1S/C29H38O15/c1-14(40-2)23(36)24(37)28(39)44-27-25(38)26(43-22(35)8-5-15-3-6-17(31)19(33)11-15)21(13-30)42-29(27)41-10-9-16-4-7-18(32)20(34)12-16/h3-8,11-12,14,21,23-34,36-39H,9-10,13H2,1-2H3/b8-5+. The summed E-state index contributed by atoms with van der Waals surface area (Å²) in [7, 11) is 1.27. The number of hydrogen-bond donors (Lipinski definition) is 9. The molecule has 15 nitrogen and oxygen atoms in total. The van der Waals surface area contributed by atoms with Crippen molar-refractivity contribution in [3.8, 4) is 23.0 Å². The van der Waals surface area contributed by atoms with Gasteiger partial charge < -0.3 is 69.6 Å². The Bertz CT molecular complexity index is 1250. The lowest BCUT2D eigenvalue weighted by Crippen LogP contribution is -2.62. The van der Waals surface area contributed by atoms with Crippen LogP contribution in [0.25, 0.3) is 6.08 Å². The van der Waals surface area contributed by atoms with Gasteiger partial charge in [-0.15, -0.1) is 0 Å². The first-order valence-electron chi connectivity index (χ1n) is 13.6. The minimum absolute atomic E-state index is 0.117. The number of ether oxygens (including phenoxy) is 5. The van der Waals surface area contributed by atoms with Gasteiger partial charge in [-0.2, -0.15) is 0 Å². The molecule has 0 spiro atoms. The van der Waals surface area contributed by atoms with Crippen LogP contribution >= 0.6 is 0 Å². The number of carbonyl (C=O) groups is 1. The number of phenols is 4. The van der Waals surface area contributed by atoms with E-state index in [0.29, 0.717) is 11.1 Å². The Morgan fingerprint density at radius 1 is 0.955 bits per heavy atom. The van der Waals surface area contributed by atoms with Crippen LogP contribution in [0.3, 0.4) is 0 Å². The molecule has 44 heavy (non-hydrogen) atoms. The molecule has 1 aliphatic heterocycles. The monoisotopic (exact) mass is 626 g/mol. The summed E-state index contributed by atoms with van der Waals surface area (Å²) in [5, 5.41) is 90.7. The average Bonchev–Trinajstić information content (AvgIpc) is 3.00. The van der Waals surface area contributed by atoms with Crippen molar-refractivity contribution < 1.29 is 74.4 Å². The van der Waals surface area contributed by atoms with E-state index in [0.717, 1.165) is 6.08 Å². The minimum atomic E-state index is -2.12. The maximum Gasteiger partial charge on any atom is 0.331 e. The normalized spacial score (nSPS) is 24.9. The fourth-order valence-electron chi connectivity index (χ4n) is 4.29. The van der Waals surface area contributed by atoms with Crippen LogP contribution in [-0.2, 0) is 34.9 Å². The number of esters is 1. The predicted molar refractivity (Wildman–Crippen MR) is 149 cm³/mol. The molecule has 0 bridgehead atoms. The number of rotatable bonds is 14. The maximum absolute atomic E-state index is 12.6. The van der Waals surface area contributed by atoms with Gasteiger partial charge in [0.05, 0.1) is 19.3 Å². The van der Waals surface area contributed by atoms with E-state index in [9.17, 15) is 50.8 Å². The molecule has 0 aromatic heterocycles. The number of aliphatic hydroxyl groups excluding tert-OH is 5. The van der Waals surface area contributed by atoms with E-state index in [-0.39, 0.29) is 30.3 Å². The summed E-state index contributed by atoms with van der Waals surface area (Å²) in [5.41, 5.74) is 0.884. The molecule has 2 aromatic carbocycles. The zero-order chi connectivity index (χ0) is 32.6. The molecule has 3 rings (SSSR count). The lowest BCUT2D eigenvalue weighted by molar-refractivity contribution is -0.341. The average molecular weight is 627 g/mol. The van der Waals surface area contributed by atoms with Crippen molar-refractivity contribution in [1.29, 1.82) is 0 Å². The Balaban J connectivity index is 1.78. The first-order valence-corrected chi connectivity index (χ1v) is 13.6. The van der Waals surface area contributed by atoms with E-state index in [1.807, 2.05) is 0 Å². The summed E-state index contributed by atoms with van der Waals surface area (Å²) in [6.45, 7) is 0.563. The van der Waals surface area contributed by atoms with Gasteiger partial charge in [0.2, 0.25) is 0 Å². The summed E-state index contributed by atoms with van der Waals surface area (Å²) in [6.07, 6.45) is -12.0. The minimum Gasteiger partial charge on any atom is -0.504 e. The predicted octanol–water partition coefficient (Wildman–Crippen LogP) is -0.768. The first-order chi connectivity index (χ1) is 20.9. The fourth-order valence-corrected chi connectivity index (χ4v) is 4.29. The molecule has 15 heteroatoms. The van der Waals surface area contributed by atoms with E-state index in [1.54, 1.807) is 0 Å². The molecule has 9 N–H and O–H groups in total. The van der Waals surface area contributed by atoms with E-state index in [2.05, 4.69) is 0 Å². The summed E-state index contributed by atoms with van der Waals surface area (Å²) >= 11 is 0. The number of carbonyl (C=O) groups excluding carboxylic acids is 1. The Labute approximate surface area is 252 Å². The Hall–Kier alpha value is -3.51. The van der Waals surface area contributed by atoms with Crippen molar-refractivity contribution in [3.05, 3.63) is 53.6 Å². The van der Waals surface area contributed by atoms with Crippen LogP contribution in [0.15, 0.2) is 42.5 Å². The third-order valence-corrected chi connectivity index (χ3v) is 6.96. The van der Waals surface area contributed by atoms with Crippen LogP contribution in [0.1, 0.15) is 18.1 Å². The molecule has 0 radical (unpaired) electrons. The fraction of sp³-hybridized carbons (Fsp3) is 0.483. The second-order valence-electron chi connectivity index (χ2n) is 10.1. The quantitative estimate of drug-likeness (QED) is 0.0541. The van der Waals surface area contributed by atoms with E-state index in [1.165, 1.54) is 56.5 Å². The van der Waals surface area contributed by atoms with Gasteiger partial charge in [-0.25, -0.2) is 4.79 Å². The van der Waals surface area contributed by atoms with Crippen molar-refractivity contribution in [1.82, 2.24) is 0 Å². The third kappa shape index (κ3) is 9.01. The molecule has 9 atom stereocenters. The molecular weight excluding hydrogens is 588 g/mol. The molecular formula is C29H38O15. The molecule has 1 fully saturated rings. The molecule has 1 saturated heterocycles. The van der Waals surface area contributed by atoms with Gasteiger partial charge in [-0.05, 0) is 54.8 Å². The number of benzene rings is 2. The van der Waals surface area contributed by atoms with Gasteiger partial charge >= 0.3 is 5.97 Å². The molecule has 0 aliphatic carbocycles. The Morgan fingerprint density at radius 2 is 1.61 bits per heavy atom. The van der Waals surface area contributed by atoms with E-state index in [4.69, 9.17) is 23.7 Å². The van der Waals surface area contributed by atoms with Crippen LogP contribution in [0.5, 0.6) is 23.0 Å². The third-order valence-electron chi connectivity index (χ3n) is 6.96. The topological polar surface area (TPSA) is 245 Å². The van der Waals surface area contributed by atoms with Crippen molar-refractivity contribution in [2.45, 2.75) is 68.7 Å². The Morgan fingerprint density at radius 3 is 2.23 bits per heavy atom.